The number of likely N-dealkylation sites (tertiary alicyclic amines) is 1. The number of nitrogens with two attached hydrogens (primary N) is 1. The van der Waals surface area contributed by atoms with Crippen molar-refractivity contribution in [3.05, 3.63) is 59.2 Å². The standard InChI is InChI=1S/C23H31N3O/c1-16(2)26-13-5-4-6-20(15-26)18-9-11-21(12-10-18)25-23(27)19-8-7-17(3)22(24)14-19/h7-12,14,16,20H,4-6,13,15,24H2,1-3H3,(H,25,27). The van der Waals surface area contributed by atoms with E-state index in [-0.39, 0.29) is 5.91 Å². The molecule has 3 rings (SSSR count). The summed E-state index contributed by atoms with van der Waals surface area (Å²) in [5.41, 5.74) is 10.3. The third kappa shape index (κ3) is 4.89. The van der Waals surface area contributed by atoms with Crippen molar-refractivity contribution in [2.75, 3.05) is 24.1 Å². The molecule has 0 bridgehead atoms. The molecule has 2 aromatic rings. The lowest BCUT2D eigenvalue weighted by molar-refractivity contribution is 0.102. The Bertz CT molecular complexity index is 783. The fraction of sp³-hybridized carbons (Fsp3) is 0.435. The predicted molar refractivity (Wildman–Crippen MR) is 113 cm³/mol. The Morgan fingerprint density at radius 2 is 1.89 bits per heavy atom. The van der Waals surface area contributed by atoms with Crippen molar-refractivity contribution in [2.45, 2.75) is 52.0 Å². The zero-order valence-corrected chi connectivity index (χ0v) is 16.7. The van der Waals surface area contributed by atoms with Crippen LogP contribution < -0.4 is 11.1 Å². The van der Waals surface area contributed by atoms with E-state index in [0.717, 1.165) is 17.8 Å². The Kier molecular flexibility index (Phi) is 6.17. The lowest BCUT2D eigenvalue weighted by Gasteiger charge is -2.28. The number of anilines is 2. The van der Waals surface area contributed by atoms with Gasteiger partial charge < -0.3 is 16.0 Å². The van der Waals surface area contributed by atoms with Gasteiger partial charge in [-0.25, -0.2) is 0 Å². The van der Waals surface area contributed by atoms with Gasteiger partial charge in [0.15, 0.2) is 0 Å². The molecular formula is C23H31N3O. The second-order valence-corrected chi connectivity index (χ2v) is 7.93. The summed E-state index contributed by atoms with van der Waals surface area (Å²) < 4.78 is 0. The molecular weight excluding hydrogens is 334 g/mol. The highest BCUT2D eigenvalue weighted by Crippen LogP contribution is 2.28. The van der Waals surface area contributed by atoms with Gasteiger partial charge in [0.25, 0.3) is 5.91 Å². The molecule has 1 unspecified atom stereocenters. The quantitative estimate of drug-likeness (QED) is 0.765. The molecule has 0 aliphatic carbocycles. The predicted octanol–water partition coefficient (Wildman–Crippen LogP) is 4.81. The molecule has 4 heteroatoms. The first kappa shape index (κ1) is 19.4. The van der Waals surface area contributed by atoms with Crippen molar-refractivity contribution < 1.29 is 4.79 Å². The maximum atomic E-state index is 12.5. The monoisotopic (exact) mass is 365 g/mol. The molecule has 0 spiro atoms. The van der Waals surface area contributed by atoms with Crippen molar-refractivity contribution in [3.8, 4) is 0 Å². The summed E-state index contributed by atoms with van der Waals surface area (Å²) >= 11 is 0. The van der Waals surface area contributed by atoms with Crippen LogP contribution in [0.15, 0.2) is 42.5 Å². The van der Waals surface area contributed by atoms with Gasteiger partial charge in [-0.3, -0.25) is 4.79 Å². The van der Waals surface area contributed by atoms with E-state index in [1.54, 1.807) is 12.1 Å². The summed E-state index contributed by atoms with van der Waals surface area (Å²) in [6.45, 7) is 8.80. The van der Waals surface area contributed by atoms with Crippen molar-refractivity contribution in [3.63, 3.8) is 0 Å². The Morgan fingerprint density at radius 1 is 1.15 bits per heavy atom. The molecule has 1 aliphatic rings. The SMILES string of the molecule is Cc1ccc(C(=O)Nc2ccc(C3CCCCN(C(C)C)C3)cc2)cc1N. The van der Waals surface area contributed by atoms with E-state index < -0.39 is 0 Å². The first-order valence-electron chi connectivity index (χ1n) is 9.95. The van der Waals surface area contributed by atoms with Crippen LogP contribution in [0, 0.1) is 6.92 Å². The van der Waals surface area contributed by atoms with Gasteiger partial charge in [0.1, 0.15) is 0 Å². The van der Waals surface area contributed by atoms with Crippen LogP contribution >= 0.6 is 0 Å². The van der Waals surface area contributed by atoms with Gasteiger partial charge in [0, 0.05) is 29.5 Å². The van der Waals surface area contributed by atoms with Crippen LogP contribution in [0.1, 0.15) is 60.5 Å². The van der Waals surface area contributed by atoms with Gasteiger partial charge in [-0.1, -0.05) is 24.6 Å². The van der Waals surface area contributed by atoms with Gasteiger partial charge >= 0.3 is 0 Å². The summed E-state index contributed by atoms with van der Waals surface area (Å²) in [5, 5.41) is 2.97. The topological polar surface area (TPSA) is 58.4 Å². The zero-order chi connectivity index (χ0) is 19.4. The van der Waals surface area contributed by atoms with Crippen LogP contribution in [0.5, 0.6) is 0 Å². The molecule has 2 aromatic carbocycles. The lowest BCUT2D eigenvalue weighted by atomic mass is 9.94. The molecule has 1 aliphatic heterocycles. The van der Waals surface area contributed by atoms with Crippen LogP contribution in [-0.2, 0) is 0 Å². The molecule has 0 aromatic heterocycles. The number of nitrogens with zero attached hydrogens (tertiary/aromatic N) is 1. The number of nitrogen functional groups attached to an aromatic ring is 1. The minimum atomic E-state index is -0.130. The molecule has 1 amide bonds. The van der Waals surface area contributed by atoms with Crippen molar-refractivity contribution in [2.24, 2.45) is 0 Å². The number of carbonyl (C=O) groups excluding carboxylic acids is 1. The lowest BCUT2D eigenvalue weighted by Crippen LogP contribution is -2.33. The first-order chi connectivity index (χ1) is 12.9. The van der Waals surface area contributed by atoms with Gasteiger partial charge in [-0.2, -0.15) is 0 Å². The molecule has 0 saturated carbocycles. The molecule has 0 radical (unpaired) electrons. The van der Waals surface area contributed by atoms with Crippen LogP contribution in [0.3, 0.4) is 0 Å². The highest BCUT2D eigenvalue weighted by molar-refractivity contribution is 6.04. The Morgan fingerprint density at radius 3 is 2.56 bits per heavy atom. The molecule has 3 N–H and O–H groups in total. The third-order valence-electron chi connectivity index (χ3n) is 5.61. The molecule has 1 fully saturated rings. The van der Waals surface area contributed by atoms with Gasteiger partial charge in [-0.15, -0.1) is 0 Å². The maximum Gasteiger partial charge on any atom is 0.255 e. The largest absolute Gasteiger partial charge is 0.398 e. The van der Waals surface area contributed by atoms with Crippen molar-refractivity contribution in [1.29, 1.82) is 0 Å². The average Bonchev–Trinajstić information content (AvgIpc) is 2.91. The van der Waals surface area contributed by atoms with Crippen molar-refractivity contribution >= 4 is 17.3 Å². The number of carbonyl (C=O) groups is 1. The number of hydrogen-bond acceptors (Lipinski definition) is 3. The molecule has 1 atom stereocenters. The summed E-state index contributed by atoms with van der Waals surface area (Å²) in [5.74, 6) is 0.437. The van der Waals surface area contributed by atoms with Crippen LogP contribution in [0.2, 0.25) is 0 Å². The highest BCUT2D eigenvalue weighted by Gasteiger charge is 2.21. The molecule has 27 heavy (non-hydrogen) atoms. The first-order valence-corrected chi connectivity index (χ1v) is 9.95. The van der Waals surface area contributed by atoms with Crippen LogP contribution in [0.25, 0.3) is 0 Å². The van der Waals surface area contributed by atoms with E-state index in [9.17, 15) is 4.79 Å². The van der Waals surface area contributed by atoms with E-state index in [1.807, 2.05) is 25.1 Å². The number of benzene rings is 2. The molecule has 4 nitrogen and oxygen atoms in total. The van der Waals surface area contributed by atoms with E-state index in [0.29, 0.717) is 23.2 Å². The smallest absolute Gasteiger partial charge is 0.255 e. The highest BCUT2D eigenvalue weighted by atomic mass is 16.1. The Hall–Kier alpha value is -2.33. The molecule has 1 saturated heterocycles. The Labute approximate surface area is 162 Å². The summed E-state index contributed by atoms with van der Waals surface area (Å²) in [7, 11) is 0. The number of hydrogen-bond donors (Lipinski definition) is 2. The second-order valence-electron chi connectivity index (χ2n) is 7.93. The van der Waals surface area contributed by atoms with Gasteiger partial charge in [0.05, 0.1) is 0 Å². The van der Waals surface area contributed by atoms with E-state index in [4.69, 9.17) is 5.73 Å². The number of aryl methyl sites for hydroxylation is 1. The van der Waals surface area contributed by atoms with Crippen LogP contribution in [0.4, 0.5) is 11.4 Å². The van der Waals surface area contributed by atoms with Gasteiger partial charge in [0.2, 0.25) is 0 Å². The summed E-state index contributed by atoms with van der Waals surface area (Å²) in [6, 6.07) is 14.3. The van der Waals surface area contributed by atoms with Gasteiger partial charge in [-0.05, 0) is 81.5 Å². The number of rotatable bonds is 4. The number of amides is 1. The summed E-state index contributed by atoms with van der Waals surface area (Å²) in [4.78, 5) is 15.0. The Balaban J connectivity index is 1.67. The minimum absolute atomic E-state index is 0.130. The maximum absolute atomic E-state index is 12.5. The zero-order valence-electron chi connectivity index (χ0n) is 16.7. The molecule has 144 valence electrons. The van der Waals surface area contributed by atoms with E-state index in [1.165, 1.54) is 31.4 Å². The summed E-state index contributed by atoms with van der Waals surface area (Å²) in [6.07, 6.45) is 3.79. The second kappa shape index (κ2) is 8.57. The third-order valence-corrected chi connectivity index (χ3v) is 5.61. The van der Waals surface area contributed by atoms with E-state index in [2.05, 4.69) is 36.2 Å². The van der Waals surface area contributed by atoms with Crippen molar-refractivity contribution in [1.82, 2.24) is 4.90 Å². The molecule has 1 heterocycles. The fourth-order valence-corrected chi connectivity index (χ4v) is 3.74. The van der Waals surface area contributed by atoms with E-state index >= 15 is 0 Å². The average molecular weight is 366 g/mol. The fourth-order valence-electron chi connectivity index (χ4n) is 3.74. The minimum Gasteiger partial charge on any atom is -0.398 e. The van der Waals surface area contributed by atoms with Crippen LogP contribution in [-0.4, -0.2) is 29.9 Å². The normalized spacial score (nSPS) is 18.3. The number of nitrogens with one attached hydrogen (secondary N) is 1.